The smallest absolute Gasteiger partial charge is 0.357 e. The molecule has 5 nitrogen and oxygen atoms in total. The molecule has 0 radical (unpaired) electrons. The molecule has 1 heterocycles. The number of nitrogens with two attached hydrogens (primary N) is 1. The number of benzene rings is 1. The first-order valence-electron chi connectivity index (χ1n) is 7.60. The highest BCUT2D eigenvalue weighted by Gasteiger charge is 2.24. The van der Waals surface area contributed by atoms with E-state index < -0.39 is 5.97 Å². The number of nitrogen functional groups attached to an aromatic ring is 1. The van der Waals surface area contributed by atoms with Gasteiger partial charge in [-0.05, 0) is 30.9 Å². The number of nitriles is 1. The first-order chi connectivity index (χ1) is 11.0. The molecule has 0 fully saturated rings. The fourth-order valence-electron chi connectivity index (χ4n) is 2.87. The number of hydrogen-bond acceptors (Lipinski definition) is 4. The van der Waals surface area contributed by atoms with Crippen LogP contribution in [0.5, 0.6) is 0 Å². The van der Waals surface area contributed by atoms with Crippen molar-refractivity contribution in [3.63, 3.8) is 0 Å². The number of carbonyl (C=O) groups is 1. The van der Waals surface area contributed by atoms with Gasteiger partial charge in [0, 0.05) is 6.20 Å². The van der Waals surface area contributed by atoms with E-state index in [0.717, 1.165) is 29.7 Å². The molecule has 2 rings (SSSR count). The second-order valence-electron chi connectivity index (χ2n) is 5.42. The topological polar surface area (TPSA) is 81.0 Å². The molecule has 1 aromatic carbocycles. The average Bonchev–Trinajstić information content (AvgIpc) is 2.89. The summed E-state index contributed by atoms with van der Waals surface area (Å²) >= 11 is 0. The zero-order chi connectivity index (χ0) is 17.1. The summed E-state index contributed by atoms with van der Waals surface area (Å²) in [5.41, 5.74) is 10.9. The van der Waals surface area contributed by atoms with Crippen LogP contribution in [0.25, 0.3) is 5.69 Å². The van der Waals surface area contributed by atoms with Crippen LogP contribution in [0.15, 0.2) is 18.3 Å². The zero-order valence-corrected chi connectivity index (χ0v) is 13.9. The minimum absolute atomic E-state index is 0.157. The van der Waals surface area contributed by atoms with Gasteiger partial charge in [-0.2, -0.15) is 5.26 Å². The summed E-state index contributed by atoms with van der Waals surface area (Å²) in [7, 11) is 1.31. The van der Waals surface area contributed by atoms with Gasteiger partial charge in [-0.15, -0.1) is 0 Å². The highest BCUT2D eigenvalue weighted by atomic mass is 16.5. The van der Waals surface area contributed by atoms with Gasteiger partial charge in [-0.1, -0.05) is 31.5 Å². The van der Waals surface area contributed by atoms with E-state index in [1.165, 1.54) is 12.7 Å². The van der Waals surface area contributed by atoms with Crippen LogP contribution in [0.3, 0.4) is 0 Å². The lowest BCUT2D eigenvalue weighted by atomic mass is 9.99. The molecule has 0 aliphatic carbocycles. The maximum atomic E-state index is 12.2. The molecule has 0 amide bonds. The Morgan fingerprint density at radius 1 is 1.30 bits per heavy atom. The van der Waals surface area contributed by atoms with Crippen molar-refractivity contribution in [1.29, 1.82) is 5.26 Å². The van der Waals surface area contributed by atoms with E-state index in [9.17, 15) is 10.1 Å². The Labute approximate surface area is 136 Å². The van der Waals surface area contributed by atoms with Gasteiger partial charge < -0.3 is 15.0 Å². The van der Waals surface area contributed by atoms with Crippen LogP contribution < -0.4 is 5.73 Å². The van der Waals surface area contributed by atoms with Crippen LogP contribution in [0.2, 0.25) is 0 Å². The normalized spacial score (nSPS) is 10.4. The monoisotopic (exact) mass is 311 g/mol. The standard InChI is InChI=1S/C18H21N3O2/c1-5-12-7-11(3)8-13(6-2)16(12)21-10-14(9-19)15(20)17(21)18(22)23-4/h7-8,10H,5-6,20H2,1-4H3. The van der Waals surface area contributed by atoms with Gasteiger partial charge in [0.2, 0.25) is 0 Å². The third-order valence-electron chi connectivity index (χ3n) is 3.96. The molecule has 5 heteroatoms. The van der Waals surface area contributed by atoms with Gasteiger partial charge in [-0.25, -0.2) is 4.79 Å². The summed E-state index contributed by atoms with van der Waals surface area (Å²) < 4.78 is 6.56. The Morgan fingerprint density at radius 3 is 2.30 bits per heavy atom. The first-order valence-corrected chi connectivity index (χ1v) is 7.60. The Balaban J connectivity index is 2.87. The van der Waals surface area contributed by atoms with Gasteiger partial charge in [0.1, 0.15) is 6.07 Å². The van der Waals surface area contributed by atoms with Crippen LogP contribution >= 0.6 is 0 Å². The van der Waals surface area contributed by atoms with E-state index in [1.807, 2.05) is 13.0 Å². The fourth-order valence-corrected chi connectivity index (χ4v) is 2.87. The van der Waals surface area contributed by atoms with Gasteiger partial charge in [0.05, 0.1) is 24.0 Å². The van der Waals surface area contributed by atoms with E-state index in [2.05, 4.69) is 26.0 Å². The number of anilines is 1. The van der Waals surface area contributed by atoms with E-state index in [4.69, 9.17) is 10.5 Å². The summed E-state index contributed by atoms with van der Waals surface area (Å²) in [6.45, 7) is 6.18. The lowest BCUT2D eigenvalue weighted by Gasteiger charge is -2.18. The highest BCUT2D eigenvalue weighted by Crippen LogP contribution is 2.30. The molecule has 2 N–H and O–H groups in total. The summed E-state index contributed by atoms with van der Waals surface area (Å²) in [4.78, 5) is 12.2. The number of nitrogens with zero attached hydrogens (tertiary/aromatic N) is 2. The quantitative estimate of drug-likeness (QED) is 0.879. The molecule has 0 bridgehead atoms. The van der Waals surface area contributed by atoms with Crippen LogP contribution in [0, 0.1) is 18.3 Å². The molecule has 120 valence electrons. The number of carbonyl (C=O) groups excluding carboxylic acids is 1. The lowest BCUT2D eigenvalue weighted by Crippen LogP contribution is -2.14. The van der Waals surface area contributed by atoms with Crippen molar-refractivity contribution in [3.8, 4) is 11.8 Å². The highest BCUT2D eigenvalue weighted by molar-refractivity contribution is 5.96. The molecule has 2 aromatic rings. The van der Waals surface area contributed by atoms with Crippen LogP contribution in [-0.4, -0.2) is 17.6 Å². The maximum Gasteiger partial charge on any atom is 0.357 e. The molecule has 0 saturated heterocycles. The first kappa shape index (κ1) is 16.6. The third-order valence-corrected chi connectivity index (χ3v) is 3.96. The van der Waals surface area contributed by atoms with Gasteiger partial charge in [0.15, 0.2) is 5.69 Å². The average molecular weight is 311 g/mol. The Morgan fingerprint density at radius 2 is 1.87 bits per heavy atom. The van der Waals surface area contributed by atoms with Crippen LogP contribution in [-0.2, 0) is 17.6 Å². The molecule has 0 aliphatic rings. The molecule has 0 atom stereocenters. The zero-order valence-electron chi connectivity index (χ0n) is 13.9. The van der Waals surface area contributed by atoms with E-state index in [1.54, 1.807) is 10.8 Å². The molecule has 0 unspecified atom stereocenters. The largest absolute Gasteiger partial charge is 0.464 e. The number of rotatable bonds is 4. The number of ether oxygens (including phenoxy) is 1. The second kappa shape index (κ2) is 6.57. The van der Waals surface area contributed by atoms with Crippen LogP contribution in [0.4, 0.5) is 5.69 Å². The minimum atomic E-state index is -0.548. The summed E-state index contributed by atoms with van der Waals surface area (Å²) in [5, 5.41) is 9.26. The van der Waals surface area contributed by atoms with Crippen molar-refractivity contribution < 1.29 is 9.53 Å². The number of hydrogen-bond donors (Lipinski definition) is 1. The van der Waals surface area contributed by atoms with Crippen molar-refractivity contribution in [2.75, 3.05) is 12.8 Å². The molecular weight excluding hydrogens is 290 g/mol. The number of aryl methyl sites for hydroxylation is 3. The molecular formula is C18H21N3O2. The Bertz CT molecular complexity index is 772. The van der Waals surface area contributed by atoms with Crippen molar-refractivity contribution in [2.45, 2.75) is 33.6 Å². The lowest BCUT2D eigenvalue weighted by molar-refractivity contribution is 0.0593. The molecule has 0 saturated carbocycles. The Kier molecular flexibility index (Phi) is 4.75. The summed E-state index contributed by atoms with van der Waals surface area (Å²) in [6.07, 6.45) is 3.24. The van der Waals surface area contributed by atoms with Gasteiger partial charge in [0.25, 0.3) is 0 Å². The number of esters is 1. The van der Waals surface area contributed by atoms with Gasteiger partial charge >= 0.3 is 5.97 Å². The van der Waals surface area contributed by atoms with Crippen molar-refractivity contribution in [3.05, 3.63) is 46.3 Å². The fraction of sp³-hybridized carbons (Fsp3) is 0.333. The van der Waals surface area contributed by atoms with Crippen LogP contribution in [0.1, 0.15) is 46.6 Å². The SMILES string of the molecule is CCc1cc(C)cc(CC)c1-n1cc(C#N)c(N)c1C(=O)OC. The predicted molar refractivity (Wildman–Crippen MR) is 89.7 cm³/mol. The van der Waals surface area contributed by atoms with E-state index >= 15 is 0 Å². The Hall–Kier alpha value is -2.74. The van der Waals surface area contributed by atoms with Crippen molar-refractivity contribution >= 4 is 11.7 Å². The molecule has 0 aliphatic heterocycles. The van der Waals surface area contributed by atoms with E-state index in [-0.39, 0.29) is 16.9 Å². The minimum Gasteiger partial charge on any atom is -0.464 e. The summed E-state index contributed by atoms with van der Waals surface area (Å²) in [5.74, 6) is -0.548. The van der Waals surface area contributed by atoms with E-state index in [0.29, 0.717) is 0 Å². The molecule has 1 aromatic heterocycles. The number of aromatic nitrogens is 1. The molecule has 23 heavy (non-hydrogen) atoms. The van der Waals surface area contributed by atoms with Crippen molar-refractivity contribution in [1.82, 2.24) is 4.57 Å². The maximum absolute atomic E-state index is 12.2. The number of methoxy groups -OCH3 is 1. The second-order valence-corrected chi connectivity index (χ2v) is 5.42. The molecule has 0 spiro atoms. The predicted octanol–water partition coefficient (Wildman–Crippen LogP) is 3.15. The third kappa shape index (κ3) is 2.80. The van der Waals surface area contributed by atoms with Crippen molar-refractivity contribution in [2.24, 2.45) is 0 Å². The summed E-state index contributed by atoms with van der Waals surface area (Å²) in [6, 6.07) is 6.23. The van der Waals surface area contributed by atoms with Gasteiger partial charge in [-0.3, -0.25) is 0 Å².